The average molecular weight is 390 g/mol. The molecule has 106 valence electrons. The van der Waals surface area contributed by atoms with Crippen molar-refractivity contribution >= 4 is 37.5 Å². The quantitative estimate of drug-likeness (QED) is 0.808. The summed E-state index contributed by atoms with van der Waals surface area (Å²) in [6.07, 6.45) is 1.28. The second-order valence-electron chi connectivity index (χ2n) is 5.75. The molecule has 1 heterocycles. The molecule has 1 aliphatic rings. The second-order valence-corrected chi connectivity index (χ2v) is 7.52. The van der Waals surface area contributed by atoms with Gasteiger partial charge < -0.3 is 10.2 Å². The molecule has 1 N–H and O–H groups in total. The summed E-state index contributed by atoms with van der Waals surface area (Å²) in [6, 6.07) is 6.39. The Kier molecular flexibility index (Phi) is 5.72. The molecule has 0 aromatic heterocycles. The molecule has 1 atom stereocenters. The van der Waals surface area contributed by atoms with E-state index in [2.05, 4.69) is 74.1 Å². The highest BCUT2D eigenvalue weighted by molar-refractivity contribution is 9.11. The average Bonchev–Trinajstić information content (AvgIpc) is 2.80. The van der Waals surface area contributed by atoms with Crippen LogP contribution in [-0.2, 0) is 0 Å². The Morgan fingerprint density at radius 1 is 1.37 bits per heavy atom. The number of benzene rings is 1. The SMILES string of the molecule is CC(C)CNCC1CCN(c2cc(Br)ccc2Br)C1. The van der Waals surface area contributed by atoms with Crippen LogP contribution in [0, 0.1) is 11.8 Å². The van der Waals surface area contributed by atoms with Gasteiger partial charge in [0.25, 0.3) is 0 Å². The van der Waals surface area contributed by atoms with Crippen molar-refractivity contribution in [3.8, 4) is 0 Å². The van der Waals surface area contributed by atoms with E-state index in [4.69, 9.17) is 0 Å². The summed E-state index contributed by atoms with van der Waals surface area (Å²) < 4.78 is 2.33. The van der Waals surface area contributed by atoms with E-state index in [-0.39, 0.29) is 0 Å². The smallest absolute Gasteiger partial charge is 0.0522 e. The number of anilines is 1. The molecular formula is C15H22Br2N2. The summed E-state index contributed by atoms with van der Waals surface area (Å²) >= 11 is 7.21. The Balaban J connectivity index is 1.89. The standard InChI is InChI=1S/C15H22Br2N2/c1-11(2)8-18-9-12-5-6-19(10-12)15-7-13(16)3-4-14(15)17/h3-4,7,11-12,18H,5-6,8-10H2,1-2H3. The second kappa shape index (κ2) is 7.09. The highest BCUT2D eigenvalue weighted by Crippen LogP contribution is 2.32. The van der Waals surface area contributed by atoms with E-state index >= 15 is 0 Å². The molecule has 1 aromatic rings. The van der Waals surface area contributed by atoms with Crippen molar-refractivity contribution in [2.75, 3.05) is 31.1 Å². The molecule has 19 heavy (non-hydrogen) atoms. The lowest BCUT2D eigenvalue weighted by Gasteiger charge is -2.21. The Bertz CT molecular complexity index is 421. The van der Waals surface area contributed by atoms with Crippen molar-refractivity contribution < 1.29 is 0 Å². The van der Waals surface area contributed by atoms with Crippen LogP contribution in [-0.4, -0.2) is 26.2 Å². The van der Waals surface area contributed by atoms with E-state index in [1.807, 2.05) is 0 Å². The predicted octanol–water partition coefficient (Wildman–Crippen LogP) is 4.28. The molecule has 2 rings (SSSR count). The topological polar surface area (TPSA) is 15.3 Å². The van der Waals surface area contributed by atoms with Gasteiger partial charge in [0.2, 0.25) is 0 Å². The summed E-state index contributed by atoms with van der Waals surface area (Å²) in [6.45, 7) is 9.08. The van der Waals surface area contributed by atoms with Crippen molar-refractivity contribution in [1.82, 2.24) is 5.32 Å². The van der Waals surface area contributed by atoms with Crippen LogP contribution in [0.25, 0.3) is 0 Å². The van der Waals surface area contributed by atoms with Crippen LogP contribution in [0.3, 0.4) is 0 Å². The van der Waals surface area contributed by atoms with E-state index in [9.17, 15) is 0 Å². The summed E-state index contributed by atoms with van der Waals surface area (Å²) in [5.41, 5.74) is 1.31. The molecule has 1 aromatic carbocycles. The van der Waals surface area contributed by atoms with Gasteiger partial charge in [-0.05, 0) is 65.5 Å². The molecule has 1 unspecified atom stereocenters. The zero-order chi connectivity index (χ0) is 13.8. The predicted molar refractivity (Wildman–Crippen MR) is 89.9 cm³/mol. The summed E-state index contributed by atoms with van der Waals surface area (Å²) in [4.78, 5) is 2.48. The van der Waals surface area contributed by atoms with E-state index in [0.29, 0.717) is 0 Å². The molecule has 0 radical (unpaired) electrons. The maximum absolute atomic E-state index is 3.65. The third kappa shape index (κ3) is 4.47. The van der Waals surface area contributed by atoms with Crippen molar-refractivity contribution in [3.63, 3.8) is 0 Å². The normalized spacial score (nSPS) is 19.4. The highest BCUT2D eigenvalue weighted by Gasteiger charge is 2.23. The molecule has 1 saturated heterocycles. The van der Waals surface area contributed by atoms with Gasteiger partial charge in [0.05, 0.1) is 5.69 Å². The first-order valence-electron chi connectivity index (χ1n) is 6.97. The van der Waals surface area contributed by atoms with Crippen LogP contribution in [0.2, 0.25) is 0 Å². The lowest BCUT2D eigenvalue weighted by Crippen LogP contribution is -2.28. The van der Waals surface area contributed by atoms with Crippen molar-refractivity contribution in [2.45, 2.75) is 20.3 Å². The molecule has 1 aliphatic heterocycles. The van der Waals surface area contributed by atoms with E-state index in [1.54, 1.807) is 0 Å². The van der Waals surface area contributed by atoms with Crippen molar-refractivity contribution in [3.05, 3.63) is 27.1 Å². The summed E-state index contributed by atoms with van der Waals surface area (Å²) in [5.74, 6) is 1.50. The first kappa shape index (κ1) is 15.3. The number of hydrogen-bond acceptors (Lipinski definition) is 2. The summed E-state index contributed by atoms with van der Waals surface area (Å²) in [7, 11) is 0. The van der Waals surface area contributed by atoms with E-state index < -0.39 is 0 Å². The van der Waals surface area contributed by atoms with Gasteiger partial charge >= 0.3 is 0 Å². The number of nitrogens with one attached hydrogen (secondary N) is 1. The minimum Gasteiger partial charge on any atom is -0.370 e. The molecule has 2 nitrogen and oxygen atoms in total. The first-order chi connectivity index (χ1) is 9.06. The Labute approximate surface area is 133 Å². The number of nitrogens with zero attached hydrogens (tertiary/aromatic N) is 1. The van der Waals surface area contributed by atoms with Gasteiger partial charge in [-0.15, -0.1) is 0 Å². The molecular weight excluding hydrogens is 368 g/mol. The Morgan fingerprint density at radius 3 is 2.89 bits per heavy atom. The van der Waals surface area contributed by atoms with E-state index in [0.717, 1.165) is 42.5 Å². The Hall–Kier alpha value is -0.0600. The molecule has 1 fully saturated rings. The monoisotopic (exact) mass is 388 g/mol. The lowest BCUT2D eigenvalue weighted by atomic mass is 10.1. The van der Waals surface area contributed by atoms with Crippen LogP contribution in [0.15, 0.2) is 27.1 Å². The fourth-order valence-corrected chi connectivity index (χ4v) is 3.37. The van der Waals surface area contributed by atoms with Crippen LogP contribution < -0.4 is 10.2 Å². The number of rotatable bonds is 5. The number of halogens is 2. The van der Waals surface area contributed by atoms with Gasteiger partial charge in [-0.25, -0.2) is 0 Å². The molecule has 0 spiro atoms. The van der Waals surface area contributed by atoms with Gasteiger partial charge in [-0.2, -0.15) is 0 Å². The molecule has 0 aliphatic carbocycles. The molecule has 4 heteroatoms. The van der Waals surface area contributed by atoms with Crippen molar-refractivity contribution in [1.29, 1.82) is 0 Å². The molecule has 0 saturated carbocycles. The molecule has 0 bridgehead atoms. The lowest BCUT2D eigenvalue weighted by molar-refractivity contribution is 0.477. The third-order valence-electron chi connectivity index (χ3n) is 3.52. The maximum Gasteiger partial charge on any atom is 0.0522 e. The maximum atomic E-state index is 3.65. The van der Waals surface area contributed by atoms with Crippen LogP contribution >= 0.6 is 31.9 Å². The van der Waals surface area contributed by atoms with Crippen LogP contribution in [0.5, 0.6) is 0 Å². The fourth-order valence-electron chi connectivity index (χ4n) is 2.52. The summed E-state index contributed by atoms with van der Waals surface area (Å²) in [5, 5.41) is 3.58. The number of hydrogen-bond donors (Lipinski definition) is 1. The molecule has 0 amide bonds. The minimum absolute atomic E-state index is 0.733. The fraction of sp³-hybridized carbons (Fsp3) is 0.600. The van der Waals surface area contributed by atoms with Gasteiger partial charge in [0.1, 0.15) is 0 Å². The van der Waals surface area contributed by atoms with Gasteiger partial charge in [-0.1, -0.05) is 29.8 Å². The third-order valence-corrected chi connectivity index (χ3v) is 4.68. The minimum atomic E-state index is 0.733. The Morgan fingerprint density at radius 2 is 2.16 bits per heavy atom. The van der Waals surface area contributed by atoms with Gasteiger partial charge in [0.15, 0.2) is 0 Å². The van der Waals surface area contributed by atoms with Crippen LogP contribution in [0.4, 0.5) is 5.69 Å². The van der Waals surface area contributed by atoms with Crippen LogP contribution in [0.1, 0.15) is 20.3 Å². The first-order valence-corrected chi connectivity index (χ1v) is 8.55. The highest BCUT2D eigenvalue weighted by atomic mass is 79.9. The van der Waals surface area contributed by atoms with Gasteiger partial charge in [-0.3, -0.25) is 0 Å². The van der Waals surface area contributed by atoms with Crippen molar-refractivity contribution in [2.24, 2.45) is 11.8 Å². The largest absolute Gasteiger partial charge is 0.370 e. The van der Waals surface area contributed by atoms with Gasteiger partial charge in [0, 0.05) is 22.0 Å². The van der Waals surface area contributed by atoms with E-state index in [1.165, 1.54) is 16.6 Å². The zero-order valence-electron chi connectivity index (χ0n) is 11.6. The zero-order valence-corrected chi connectivity index (χ0v) is 14.8.